The van der Waals surface area contributed by atoms with Gasteiger partial charge in [-0.25, -0.2) is 0 Å². The van der Waals surface area contributed by atoms with Crippen molar-refractivity contribution in [3.8, 4) is 17.2 Å². The molecule has 0 aliphatic heterocycles. The Bertz CT molecular complexity index is 423. The van der Waals surface area contributed by atoms with Gasteiger partial charge in [-0.2, -0.15) is 0 Å². The van der Waals surface area contributed by atoms with Gasteiger partial charge in [0.2, 0.25) is 0 Å². The van der Waals surface area contributed by atoms with E-state index in [0.29, 0.717) is 13.2 Å². The van der Waals surface area contributed by atoms with Crippen LogP contribution in [0.25, 0.3) is 0 Å². The maximum Gasteiger partial charge on any atom is 0.189 e. The molecule has 1 aromatic rings. The van der Waals surface area contributed by atoms with Crippen LogP contribution < -0.4 is 4.74 Å². The van der Waals surface area contributed by atoms with Crippen molar-refractivity contribution in [1.82, 2.24) is 0 Å². The summed E-state index contributed by atoms with van der Waals surface area (Å²) in [7, 11) is 0.332. The maximum absolute atomic E-state index is 5.44. The molecule has 0 radical (unpaired) electrons. The molecule has 0 heterocycles. The lowest BCUT2D eigenvalue weighted by Gasteiger charge is -2.07. The predicted molar refractivity (Wildman–Crippen MR) is 80.0 cm³/mol. The van der Waals surface area contributed by atoms with Crippen LogP contribution in [0.4, 0.5) is 0 Å². The maximum atomic E-state index is 5.44. The summed E-state index contributed by atoms with van der Waals surface area (Å²) in [4.78, 5) is 0. The number of hydrogen-bond donors (Lipinski definition) is 0. The van der Waals surface area contributed by atoms with Gasteiger partial charge in [-0.05, 0) is 24.3 Å². The molecule has 104 valence electrons. The second-order valence-electron chi connectivity index (χ2n) is 5.19. The minimum Gasteiger partial charge on any atom is -0.468 e. The quantitative estimate of drug-likeness (QED) is 0.346. The van der Waals surface area contributed by atoms with E-state index in [-0.39, 0.29) is 6.79 Å². The number of ether oxygens (including phenoxy) is 3. The smallest absolute Gasteiger partial charge is 0.189 e. The van der Waals surface area contributed by atoms with E-state index in [1.807, 2.05) is 24.3 Å². The topological polar surface area (TPSA) is 27.7 Å². The molecular formula is C15H22O3Si. The molecule has 0 aliphatic rings. The van der Waals surface area contributed by atoms with Gasteiger partial charge >= 0.3 is 0 Å². The predicted octanol–water partition coefficient (Wildman–Crippen LogP) is 2.91. The van der Waals surface area contributed by atoms with Crippen LogP contribution in [0.15, 0.2) is 24.3 Å². The molecule has 19 heavy (non-hydrogen) atoms. The highest BCUT2D eigenvalue weighted by Crippen LogP contribution is 2.11. The molecule has 0 saturated heterocycles. The fourth-order valence-corrected chi connectivity index (χ4v) is 1.72. The second-order valence-corrected chi connectivity index (χ2v) is 9.94. The molecule has 3 nitrogen and oxygen atoms in total. The third-order valence-corrected chi connectivity index (χ3v) is 3.05. The summed E-state index contributed by atoms with van der Waals surface area (Å²) in [6.07, 6.45) is 0. The van der Waals surface area contributed by atoms with Gasteiger partial charge in [-0.1, -0.05) is 25.6 Å². The Morgan fingerprint density at radius 1 is 1.05 bits per heavy atom. The average molecular weight is 278 g/mol. The highest BCUT2D eigenvalue weighted by atomic mass is 28.3. The van der Waals surface area contributed by atoms with Crippen molar-refractivity contribution in [2.45, 2.75) is 19.6 Å². The zero-order valence-electron chi connectivity index (χ0n) is 12.2. The molecule has 0 saturated carbocycles. The standard InChI is InChI=1S/C15H22O3Si/c1-16-10-11-17-13-18-15-7-5-14(6-8-15)9-12-19(2,3)4/h5-8H,10-11,13H2,1-4H3. The first-order valence-corrected chi connectivity index (χ1v) is 9.84. The van der Waals surface area contributed by atoms with E-state index in [1.165, 1.54) is 0 Å². The normalized spacial score (nSPS) is 10.7. The van der Waals surface area contributed by atoms with Gasteiger partial charge in [0.1, 0.15) is 13.8 Å². The largest absolute Gasteiger partial charge is 0.468 e. The second kappa shape index (κ2) is 8.00. The summed E-state index contributed by atoms with van der Waals surface area (Å²) in [6, 6.07) is 7.76. The summed E-state index contributed by atoms with van der Waals surface area (Å²) >= 11 is 0. The van der Waals surface area contributed by atoms with E-state index in [0.717, 1.165) is 11.3 Å². The van der Waals surface area contributed by atoms with E-state index in [9.17, 15) is 0 Å². The van der Waals surface area contributed by atoms with Crippen LogP contribution in [0.1, 0.15) is 5.56 Å². The molecule has 1 rings (SSSR count). The number of rotatable bonds is 6. The van der Waals surface area contributed by atoms with E-state index in [2.05, 4.69) is 31.1 Å². The molecule has 0 atom stereocenters. The third-order valence-electron chi connectivity index (χ3n) is 2.18. The van der Waals surface area contributed by atoms with E-state index < -0.39 is 8.07 Å². The van der Waals surface area contributed by atoms with Crippen molar-refractivity contribution in [2.75, 3.05) is 27.1 Å². The molecule has 0 spiro atoms. The first kappa shape index (κ1) is 15.8. The van der Waals surface area contributed by atoms with Crippen molar-refractivity contribution < 1.29 is 14.2 Å². The lowest BCUT2D eigenvalue weighted by Crippen LogP contribution is -2.16. The fraction of sp³-hybridized carbons (Fsp3) is 0.467. The Balaban J connectivity index is 2.41. The lowest BCUT2D eigenvalue weighted by molar-refractivity contribution is -0.00847. The molecule has 4 heteroatoms. The molecule has 0 N–H and O–H groups in total. The minimum absolute atomic E-state index is 0.239. The Labute approximate surface area is 116 Å². The Morgan fingerprint density at radius 2 is 1.74 bits per heavy atom. The molecule has 0 aliphatic carbocycles. The van der Waals surface area contributed by atoms with Gasteiger partial charge in [-0.3, -0.25) is 0 Å². The molecule has 0 aromatic heterocycles. The summed E-state index contributed by atoms with van der Waals surface area (Å²) in [5, 5.41) is 0. The van der Waals surface area contributed by atoms with Gasteiger partial charge in [0.05, 0.1) is 13.2 Å². The highest BCUT2D eigenvalue weighted by molar-refractivity contribution is 6.83. The van der Waals surface area contributed by atoms with Crippen LogP contribution in [-0.4, -0.2) is 35.2 Å². The van der Waals surface area contributed by atoms with Crippen LogP contribution in [0.3, 0.4) is 0 Å². The molecule has 0 amide bonds. The number of methoxy groups -OCH3 is 1. The van der Waals surface area contributed by atoms with E-state index >= 15 is 0 Å². The SMILES string of the molecule is COCCOCOc1ccc(C#C[Si](C)(C)C)cc1. The average Bonchev–Trinajstić information content (AvgIpc) is 2.37. The molecular weight excluding hydrogens is 256 g/mol. The van der Waals surface area contributed by atoms with Gasteiger partial charge in [0, 0.05) is 12.7 Å². The molecule has 0 fully saturated rings. The van der Waals surface area contributed by atoms with Gasteiger partial charge < -0.3 is 14.2 Å². The zero-order valence-corrected chi connectivity index (χ0v) is 13.2. The first-order valence-electron chi connectivity index (χ1n) is 6.34. The van der Waals surface area contributed by atoms with Crippen LogP contribution >= 0.6 is 0 Å². The molecule has 1 aromatic carbocycles. The van der Waals surface area contributed by atoms with Gasteiger partial charge in [-0.15, -0.1) is 5.54 Å². The Kier molecular flexibility index (Phi) is 6.64. The summed E-state index contributed by atoms with van der Waals surface area (Å²) in [5.41, 5.74) is 4.36. The number of benzene rings is 1. The van der Waals surface area contributed by atoms with Crippen LogP contribution in [-0.2, 0) is 9.47 Å². The minimum atomic E-state index is -1.31. The van der Waals surface area contributed by atoms with Crippen LogP contribution in [0.2, 0.25) is 19.6 Å². The Morgan fingerprint density at radius 3 is 2.32 bits per heavy atom. The third kappa shape index (κ3) is 7.68. The zero-order chi connectivity index (χ0) is 14.1. The Hall–Kier alpha value is -1.28. The number of hydrogen-bond acceptors (Lipinski definition) is 3. The molecule has 0 bridgehead atoms. The van der Waals surface area contributed by atoms with Crippen LogP contribution in [0.5, 0.6) is 5.75 Å². The first-order chi connectivity index (χ1) is 9.01. The van der Waals surface area contributed by atoms with Crippen molar-refractivity contribution in [2.24, 2.45) is 0 Å². The van der Waals surface area contributed by atoms with Gasteiger partial charge in [0.15, 0.2) is 6.79 Å². The monoisotopic (exact) mass is 278 g/mol. The summed E-state index contributed by atoms with van der Waals surface area (Å²) < 4.78 is 15.5. The van der Waals surface area contributed by atoms with Crippen LogP contribution in [0, 0.1) is 11.5 Å². The van der Waals surface area contributed by atoms with E-state index in [4.69, 9.17) is 14.2 Å². The van der Waals surface area contributed by atoms with Crippen molar-refractivity contribution >= 4 is 8.07 Å². The van der Waals surface area contributed by atoms with Gasteiger partial charge in [0.25, 0.3) is 0 Å². The highest BCUT2D eigenvalue weighted by Gasteiger charge is 2.07. The van der Waals surface area contributed by atoms with Crippen molar-refractivity contribution in [3.05, 3.63) is 29.8 Å². The molecule has 0 unspecified atom stereocenters. The van der Waals surface area contributed by atoms with E-state index in [1.54, 1.807) is 7.11 Å². The summed E-state index contributed by atoms with van der Waals surface area (Å²) in [5.74, 6) is 3.99. The lowest BCUT2D eigenvalue weighted by atomic mass is 10.2. The summed E-state index contributed by atoms with van der Waals surface area (Å²) in [6.45, 7) is 8.05. The fourth-order valence-electron chi connectivity index (χ4n) is 1.21. The van der Waals surface area contributed by atoms with Crippen molar-refractivity contribution in [3.63, 3.8) is 0 Å². The van der Waals surface area contributed by atoms with Crippen molar-refractivity contribution in [1.29, 1.82) is 0 Å².